The Morgan fingerprint density at radius 1 is 1.04 bits per heavy atom. The fourth-order valence-corrected chi connectivity index (χ4v) is 4.28. The minimum atomic E-state index is -0.543. The standard InChI is InChI=1S/C19H33N3O2.ClH/c1-3-5-13-9-15(13)21-17(23)11-19(7-8-20-12-19)18(24)22-16-10-14(16)6-4-2;/h13-16,20H,3-12H2,1-2H3,(H,21,23)(H,22,24);1H. The molecule has 0 radical (unpaired) electrons. The van der Waals surface area contributed by atoms with Crippen LogP contribution in [0, 0.1) is 17.3 Å². The molecular formula is C19H34ClN3O2. The molecule has 5 nitrogen and oxygen atoms in total. The molecule has 0 aromatic rings. The lowest BCUT2D eigenvalue weighted by atomic mass is 9.82. The highest BCUT2D eigenvalue weighted by atomic mass is 35.5. The summed E-state index contributed by atoms with van der Waals surface area (Å²) >= 11 is 0. The molecule has 1 saturated heterocycles. The molecule has 1 aliphatic heterocycles. The van der Waals surface area contributed by atoms with E-state index >= 15 is 0 Å². The quantitative estimate of drug-likeness (QED) is 0.582. The Labute approximate surface area is 157 Å². The predicted octanol–water partition coefficient (Wildman–Crippen LogP) is 2.39. The van der Waals surface area contributed by atoms with E-state index in [0.717, 1.165) is 25.8 Å². The van der Waals surface area contributed by atoms with E-state index in [4.69, 9.17) is 0 Å². The highest BCUT2D eigenvalue weighted by Crippen LogP contribution is 2.38. The Morgan fingerprint density at radius 2 is 1.64 bits per heavy atom. The van der Waals surface area contributed by atoms with Crippen molar-refractivity contribution < 1.29 is 9.59 Å². The Bertz CT molecular complexity index is 479. The monoisotopic (exact) mass is 371 g/mol. The van der Waals surface area contributed by atoms with E-state index in [1.165, 1.54) is 25.7 Å². The van der Waals surface area contributed by atoms with Crippen LogP contribution >= 0.6 is 12.4 Å². The Kier molecular flexibility index (Phi) is 7.15. The molecule has 0 bridgehead atoms. The lowest BCUT2D eigenvalue weighted by molar-refractivity contribution is -0.135. The van der Waals surface area contributed by atoms with Crippen molar-refractivity contribution in [2.75, 3.05) is 13.1 Å². The Hall–Kier alpha value is -0.810. The summed E-state index contributed by atoms with van der Waals surface area (Å²) < 4.78 is 0. The van der Waals surface area contributed by atoms with Gasteiger partial charge in [-0.2, -0.15) is 0 Å². The van der Waals surface area contributed by atoms with Crippen molar-refractivity contribution in [2.45, 2.75) is 77.3 Å². The average molecular weight is 372 g/mol. The van der Waals surface area contributed by atoms with Gasteiger partial charge in [0.15, 0.2) is 0 Å². The molecule has 3 N–H and O–H groups in total. The summed E-state index contributed by atoms with van der Waals surface area (Å²) in [7, 11) is 0. The van der Waals surface area contributed by atoms with Crippen LogP contribution in [0.4, 0.5) is 0 Å². The Balaban J connectivity index is 0.00000225. The molecule has 6 heteroatoms. The molecule has 5 atom stereocenters. The van der Waals surface area contributed by atoms with Gasteiger partial charge in [0.2, 0.25) is 11.8 Å². The number of amides is 2. The van der Waals surface area contributed by atoms with Crippen LogP contribution < -0.4 is 16.0 Å². The first kappa shape index (κ1) is 20.5. The predicted molar refractivity (Wildman–Crippen MR) is 102 cm³/mol. The first-order chi connectivity index (χ1) is 11.6. The van der Waals surface area contributed by atoms with E-state index in [1.807, 2.05) is 0 Å². The van der Waals surface area contributed by atoms with Gasteiger partial charge in [-0.25, -0.2) is 0 Å². The van der Waals surface area contributed by atoms with Crippen molar-refractivity contribution in [2.24, 2.45) is 17.3 Å². The van der Waals surface area contributed by atoms with E-state index < -0.39 is 5.41 Å². The Morgan fingerprint density at radius 3 is 2.16 bits per heavy atom. The van der Waals surface area contributed by atoms with Crippen LogP contribution in [0.2, 0.25) is 0 Å². The van der Waals surface area contributed by atoms with Gasteiger partial charge in [0.25, 0.3) is 0 Å². The van der Waals surface area contributed by atoms with Crippen LogP contribution in [0.5, 0.6) is 0 Å². The average Bonchev–Trinajstić information content (AvgIpc) is 3.39. The topological polar surface area (TPSA) is 70.2 Å². The zero-order chi connectivity index (χ0) is 17.2. The van der Waals surface area contributed by atoms with Gasteiger partial charge in [0, 0.05) is 25.0 Å². The summed E-state index contributed by atoms with van der Waals surface area (Å²) in [5, 5.41) is 9.65. The van der Waals surface area contributed by atoms with Crippen LogP contribution in [0.1, 0.15) is 65.2 Å². The molecule has 5 unspecified atom stereocenters. The first-order valence-electron chi connectivity index (χ1n) is 9.89. The third-order valence-electron chi connectivity index (χ3n) is 6.05. The van der Waals surface area contributed by atoms with Crippen LogP contribution in [0.25, 0.3) is 0 Å². The lowest BCUT2D eigenvalue weighted by Gasteiger charge is -2.26. The van der Waals surface area contributed by atoms with Gasteiger partial charge in [-0.05, 0) is 50.5 Å². The van der Waals surface area contributed by atoms with E-state index in [2.05, 4.69) is 29.8 Å². The maximum Gasteiger partial charge on any atom is 0.228 e. The molecule has 3 aliphatic rings. The first-order valence-corrected chi connectivity index (χ1v) is 9.89. The van der Waals surface area contributed by atoms with Crippen LogP contribution in [-0.2, 0) is 9.59 Å². The largest absolute Gasteiger partial charge is 0.353 e. The summed E-state index contributed by atoms with van der Waals surface area (Å²) in [4.78, 5) is 25.3. The molecule has 2 amide bonds. The summed E-state index contributed by atoms with van der Waals surface area (Å²) in [6.45, 7) is 5.82. The second-order valence-corrected chi connectivity index (χ2v) is 8.21. The van der Waals surface area contributed by atoms with E-state index in [-0.39, 0.29) is 24.2 Å². The fourth-order valence-electron chi connectivity index (χ4n) is 4.28. The van der Waals surface area contributed by atoms with Crippen molar-refractivity contribution in [1.29, 1.82) is 0 Å². The summed E-state index contributed by atoms with van der Waals surface area (Å²) in [6, 6.07) is 0.694. The molecule has 0 aromatic carbocycles. The summed E-state index contributed by atoms with van der Waals surface area (Å²) in [5.74, 6) is 1.46. The molecular weight excluding hydrogens is 338 g/mol. The van der Waals surface area contributed by atoms with Gasteiger partial charge >= 0.3 is 0 Å². The van der Waals surface area contributed by atoms with Gasteiger partial charge in [-0.3, -0.25) is 9.59 Å². The van der Waals surface area contributed by atoms with E-state index in [0.29, 0.717) is 36.9 Å². The highest BCUT2D eigenvalue weighted by Gasteiger charge is 2.47. The van der Waals surface area contributed by atoms with Crippen LogP contribution in [0.15, 0.2) is 0 Å². The smallest absolute Gasteiger partial charge is 0.228 e. The van der Waals surface area contributed by atoms with Crippen molar-refractivity contribution in [3.8, 4) is 0 Å². The third kappa shape index (κ3) is 5.10. The third-order valence-corrected chi connectivity index (χ3v) is 6.05. The van der Waals surface area contributed by atoms with Crippen molar-refractivity contribution in [3.63, 3.8) is 0 Å². The molecule has 3 rings (SSSR count). The maximum atomic E-state index is 12.8. The molecule has 0 spiro atoms. The maximum absolute atomic E-state index is 12.8. The minimum Gasteiger partial charge on any atom is -0.353 e. The van der Waals surface area contributed by atoms with Gasteiger partial charge in [0.05, 0.1) is 5.41 Å². The van der Waals surface area contributed by atoms with Gasteiger partial charge in [0.1, 0.15) is 0 Å². The SMILES string of the molecule is CCCC1CC1NC(=O)CC1(C(=O)NC2CC2CCC)CCNC1.Cl. The summed E-state index contributed by atoms with van der Waals surface area (Å²) in [6.07, 6.45) is 8.04. The number of halogens is 1. The normalized spacial score (nSPS) is 35.6. The number of hydrogen-bond acceptors (Lipinski definition) is 3. The van der Waals surface area contributed by atoms with E-state index in [1.54, 1.807) is 0 Å². The molecule has 1 heterocycles. The molecule has 25 heavy (non-hydrogen) atoms. The van der Waals surface area contributed by atoms with Crippen molar-refractivity contribution in [3.05, 3.63) is 0 Å². The van der Waals surface area contributed by atoms with Crippen LogP contribution in [-0.4, -0.2) is 37.0 Å². The number of carbonyl (C=O) groups excluding carboxylic acids is 2. The second-order valence-electron chi connectivity index (χ2n) is 8.21. The molecule has 3 fully saturated rings. The number of carbonyl (C=O) groups is 2. The van der Waals surface area contributed by atoms with E-state index in [9.17, 15) is 9.59 Å². The zero-order valence-electron chi connectivity index (χ0n) is 15.6. The molecule has 2 aliphatic carbocycles. The fraction of sp³-hybridized carbons (Fsp3) is 0.895. The minimum absolute atomic E-state index is 0. The van der Waals surface area contributed by atoms with Crippen molar-refractivity contribution >= 4 is 24.2 Å². The molecule has 2 saturated carbocycles. The number of rotatable bonds is 9. The molecule has 144 valence electrons. The van der Waals surface area contributed by atoms with Crippen molar-refractivity contribution in [1.82, 2.24) is 16.0 Å². The zero-order valence-corrected chi connectivity index (χ0v) is 16.4. The number of nitrogens with one attached hydrogen (secondary N) is 3. The van der Waals surface area contributed by atoms with Gasteiger partial charge in [-0.15, -0.1) is 12.4 Å². The molecule has 0 aromatic heterocycles. The highest BCUT2D eigenvalue weighted by molar-refractivity contribution is 5.90. The van der Waals surface area contributed by atoms with Gasteiger partial charge < -0.3 is 16.0 Å². The lowest BCUT2D eigenvalue weighted by Crippen LogP contribution is -2.47. The summed E-state index contributed by atoms with van der Waals surface area (Å²) in [5.41, 5.74) is -0.543. The van der Waals surface area contributed by atoms with Gasteiger partial charge in [-0.1, -0.05) is 26.7 Å². The van der Waals surface area contributed by atoms with Crippen LogP contribution in [0.3, 0.4) is 0 Å². The number of hydrogen-bond donors (Lipinski definition) is 3. The second kappa shape index (κ2) is 8.72.